The number of carbonyl (C=O) groups is 3. The average molecular weight is 404 g/mol. The molecule has 162 valence electrons. The highest BCUT2D eigenvalue weighted by Crippen LogP contribution is 2.60. The van der Waals surface area contributed by atoms with Gasteiger partial charge in [-0.1, -0.05) is 32.1 Å². The maximum absolute atomic E-state index is 13.0. The lowest BCUT2D eigenvalue weighted by molar-refractivity contribution is -0.148. The van der Waals surface area contributed by atoms with E-state index in [1.807, 2.05) is 0 Å². The van der Waals surface area contributed by atoms with Crippen molar-refractivity contribution in [1.82, 2.24) is 16.2 Å². The zero-order valence-electron chi connectivity index (χ0n) is 17.8. The first-order valence-electron chi connectivity index (χ1n) is 11.8. The Morgan fingerprint density at radius 2 is 1.48 bits per heavy atom. The Bertz CT molecular complexity index is 606. The Morgan fingerprint density at radius 3 is 2.07 bits per heavy atom. The lowest BCUT2D eigenvalue weighted by atomic mass is 9.49. The van der Waals surface area contributed by atoms with E-state index < -0.39 is 6.04 Å². The number of hydrogen-bond acceptors (Lipinski definition) is 3. The maximum atomic E-state index is 13.0. The molecule has 4 bridgehead atoms. The zero-order chi connectivity index (χ0) is 20.4. The first-order chi connectivity index (χ1) is 13.9. The van der Waals surface area contributed by atoms with E-state index in [0.29, 0.717) is 30.1 Å². The highest BCUT2D eigenvalue weighted by atomic mass is 16.2. The van der Waals surface area contributed by atoms with E-state index in [2.05, 4.69) is 16.2 Å². The molecule has 0 heterocycles. The Labute approximate surface area is 174 Å². The van der Waals surface area contributed by atoms with Crippen LogP contribution >= 0.6 is 0 Å². The minimum atomic E-state index is -0.644. The first kappa shape index (κ1) is 20.7. The maximum Gasteiger partial charge on any atom is 0.260 e. The van der Waals surface area contributed by atoms with Crippen LogP contribution in [0.25, 0.3) is 0 Å². The minimum Gasteiger partial charge on any atom is -0.344 e. The standard InChI is InChI=1S/C23H37N3O3/c1-15(21(28)26-25-20(27)8-7-16-5-3-2-4-6-16)24-22(29)23-12-17-9-18(13-23)11-19(10-17)14-23/h15-19H,2-14H2,1H3,(H,24,29)(H,25,27)(H,26,28)/t15-,17?,18?,19?,23?/m0/s1. The number of carbonyl (C=O) groups excluding carboxylic acids is 3. The van der Waals surface area contributed by atoms with E-state index in [1.54, 1.807) is 6.92 Å². The Morgan fingerprint density at radius 1 is 0.897 bits per heavy atom. The van der Waals surface area contributed by atoms with Crippen LogP contribution in [-0.2, 0) is 14.4 Å². The second-order valence-electron chi connectivity index (χ2n) is 10.5. The third-order valence-corrected chi connectivity index (χ3v) is 8.09. The summed E-state index contributed by atoms with van der Waals surface area (Å²) in [7, 11) is 0. The lowest BCUT2D eigenvalue weighted by Gasteiger charge is -2.55. The van der Waals surface area contributed by atoms with E-state index in [-0.39, 0.29) is 23.1 Å². The summed E-state index contributed by atoms with van der Waals surface area (Å²) < 4.78 is 0. The smallest absolute Gasteiger partial charge is 0.260 e. The second kappa shape index (κ2) is 8.65. The molecule has 3 amide bonds. The van der Waals surface area contributed by atoms with Crippen LogP contribution in [0, 0.1) is 29.1 Å². The molecule has 0 saturated heterocycles. The molecule has 29 heavy (non-hydrogen) atoms. The summed E-state index contributed by atoms with van der Waals surface area (Å²) in [6.07, 6.45) is 14.4. The monoisotopic (exact) mass is 403 g/mol. The molecule has 3 N–H and O–H groups in total. The van der Waals surface area contributed by atoms with Crippen LogP contribution in [0.1, 0.15) is 90.4 Å². The molecule has 0 aromatic rings. The zero-order valence-corrected chi connectivity index (χ0v) is 17.8. The van der Waals surface area contributed by atoms with Gasteiger partial charge >= 0.3 is 0 Å². The van der Waals surface area contributed by atoms with E-state index in [0.717, 1.165) is 25.7 Å². The first-order valence-corrected chi connectivity index (χ1v) is 11.8. The Hall–Kier alpha value is -1.59. The highest BCUT2D eigenvalue weighted by molar-refractivity contribution is 5.91. The van der Waals surface area contributed by atoms with Crippen LogP contribution in [-0.4, -0.2) is 23.8 Å². The molecule has 1 atom stereocenters. The van der Waals surface area contributed by atoms with Gasteiger partial charge in [0.15, 0.2) is 0 Å². The molecule has 0 aliphatic heterocycles. The van der Waals surface area contributed by atoms with Crippen molar-refractivity contribution < 1.29 is 14.4 Å². The summed E-state index contributed by atoms with van der Waals surface area (Å²) in [5.41, 5.74) is 4.76. The number of amides is 3. The predicted molar refractivity (Wildman–Crippen MR) is 110 cm³/mol. The third-order valence-electron chi connectivity index (χ3n) is 8.09. The topological polar surface area (TPSA) is 87.3 Å². The average Bonchev–Trinajstić information content (AvgIpc) is 2.70. The van der Waals surface area contributed by atoms with Gasteiger partial charge in [0.2, 0.25) is 11.8 Å². The van der Waals surface area contributed by atoms with Crippen molar-refractivity contribution in [2.75, 3.05) is 0 Å². The summed E-state index contributed by atoms with van der Waals surface area (Å²) >= 11 is 0. The normalized spacial score (nSPS) is 34.4. The van der Waals surface area contributed by atoms with Crippen molar-refractivity contribution in [1.29, 1.82) is 0 Å². The lowest BCUT2D eigenvalue weighted by Crippen LogP contribution is -2.57. The van der Waals surface area contributed by atoms with Gasteiger partial charge in [0.25, 0.3) is 5.91 Å². The van der Waals surface area contributed by atoms with Crippen molar-refractivity contribution in [2.45, 2.75) is 96.4 Å². The summed E-state index contributed by atoms with van der Waals surface area (Å²) in [5.74, 6) is 2.27. The fourth-order valence-corrected chi connectivity index (χ4v) is 6.92. The van der Waals surface area contributed by atoms with Gasteiger partial charge in [-0.2, -0.15) is 0 Å². The van der Waals surface area contributed by atoms with Gasteiger partial charge in [-0.25, -0.2) is 0 Å². The molecule has 6 heteroatoms. The molecule has 5 rings (SSSR count). The summed E-state index contributed by atoms with van der Waals surface area (Å²) in [6, 6.07) is -0.644. The second-order valence-corrected chi connectivity index (χ2v) is 10.5. The van der Waals surface area contributed by atoms with Gasteiger partial charge in [-0.3, -0.25) is 25.2 Å². The van der Waals surface area contributed by atoms with E-state index in [1.165, 1.54) is 51.4 Å². The van der Waals surface area contributed by atoms with E-state index in [9.17, 15) is 14.4 Å². The van der Waals surface area contributed by atoms with Crippen LogP contribution < -0.4 is 16.2 Å². The number of hydrazine groups is 1. The molecule has 0 aromatic carbocycles. The van der Waals surface area contributed by atoms with Gasteiger partial charge in [0.1, 0.15) is 6.04 Å². The molecule has 5 aliphatic carbocycles. The Kier molecular flexibility index (Phi) is 6.16. The van der Waals surface area contributed by atoms with Gasteiger partial charge < -0.3 is 5.32 Å². The van der Waals surface area contributed by atoms with Crippen molar-refractivity contribution in [2.24, 2.45) is 29.1 Å². The van der Waals surface area contributed by atoms with Crippen LogP contribution in [0.5, 0.6) is 0 Å². The molecule has 0 radical (unpaired) electrons. The largest absolute Gasteiger partial charge is 0.344 e. The van der Waals surface area contributed by atoms with Gasteiger partial charge in [-0.05, 0) is 75.5 Å². The quantitative estimate of drug-likeness (QED) is 0.595. The molecule has 5 saturated carbocycles. The summed E-state index contributed by atoms with van der Waals surface area (Å²) in [6.45, 7) is 1.70. The molecule has 5 aliphatic rings. The predicted octanol–water partition coefficient (Wildman–Crippen LogP) is 3.22. The van der Waals surface area contributed by atoms with Gasteiger partial charge in [-0.15, -0.1) is 0 Å². The summed E-state index contributed by atoms with van der Waals surface area (Å²) in [5, 5.41) is 2.94. The van der Waals surface area contributed by atoms with Gasteiger partial charge in [0, 0.05) is 11.8 Å². The molecule has 5 fully saturated rings. The molecular weight excluding hydrogens is 366 g/mol. The van der Waals surface area contributed by atoms with Crippen LogP contribution in [0.3, 0.4) is 0 Å². The van der Waals surface area contributed by atoms with Crippen molar-refractivity contribution in [3.05, 3.63) is 0 Å². The SMILES string of the molecule is C[C@H](NC(=O)C12CC3CC(CC(C3)C1)C2)C(=O)NNC(=O)CCC1CCCCC1. The number of rotatable bonds is 6. The molecule has 0 unspecified atom stereocenters. The fourth-order valence-electron chi connectivity index (χ4n) is 6.92. The van der Waals surface area contributed by atoms with Crippen LogP contribution in [0.2, 0.25) is 0 Å². The molecule has 6 nitrogen and oxygen atoms in total. The van der Waals surface area contributed by atoms with E-state index >= 15 is 0 Å². The van der Waals surface area contributed by atoms with Gasteiger partial charge in [0.05, 0.1) is 0 Å². The van der Waals surface area contributed by atoms with Crippen LogP contribution in [0.4, 0.5) is 0 Å². The minimum absolute atomic E-state index is 0.0443. The molecule has 0 spiro atoms. The van der Waals surface area contributed by atoms with Crippen molar-refractivity contribution in [3.63, 3.8) is 0 Å². The number of nitrogens with one attached hydrogen (secondary N) is 3. The van der Waals surface area contributed by atoms with E-state index in [4.69, 9.17) is 0 Å². The molecule has 0 aromatic heterocycles. The molecular formula is C23H37N3O3. The summed E-state index contributed by atoms with van der Waals surface area (Å²) in [4.78, 5) is 37.5. The highest BCUT2D eigenvalue weighted by Gasteiger charge is 2.54. The van der Waals surface area contributed by atoms with Crippen molar-refractivity contribution >= 4 is 17.7 Å². The van der Waals surface area contributed by atoms with Crippen LogP contribution in [0.15, 0.2) is 0 Å². The number of hydrogen-bond donors (Lipinski definition) is 3. The Balaban J connectivity index is 1.19. The van der Waals surface area contributed by atoms with Crippen molar-refractivity contribution in [3.8, 4) is 0 Å². The third kappa shape index (κ3) is 4.77. The fraction of sp³-hybridized carbons (Fsp3) is 0.870.